The Morgan fingerprint density at radius 2 is 2.10 bits per heavy atom. The summed E-state index contributed by atoms with van der Waals surface area (Å²) >= 11 is 0. The van der Waals surface area contributed by atoms with E-state index in [4.69, 9.17) is 0 Å². The number of anilines is 1. The number of nitrogens with zero attached hydrogens (tertiary/aromatic N) is 1. The number of carbonyl (C=O) groups is 1. The lowest BCUT2D eigenvalue weighted by Gasteiger charge is -2.18. The molecular formula is C18H24N2O. The fourth-order valence-corrected chi connectivity index (χ4v) is 3.31. The van der Waals surface area contributed by atoms with E-state index in [1.807, 2.05) is 0 Å². The SMILES string of the molecule is O=C(CC1C=CCC1)NCC1CCN(c2ccccc2)C1. The number of carbonyl (C=O) groups excluding carboxylic acids is 1. The number of benzene rings is 1. The first-order valence-electron chi connectivity index (χ1n) is 8.04. The minimum atomic E-state index is 0.213. The molecule has 2 aliphatic rings. The molecule has 1 amide bonds. The largest absolute Gasteiger partial charge is 0.371 e. The summed E-state index contributed by atoms with van der Waals surface area (Å²) in [5.74, 6) is 1.26. The zero-order valence-corrected chi connectivity index (χ0v) is 12.5. The molecule has 0 bridgehead atoms. The summed E-state index contributed by atoms with van der Waals surface area (Å²) in [6, 6.07) is 10.5. The van der Waals surface area contributed by atoms with E-state index in [2.05, 4.69) is 52.7 Å². The van der Waals surface area contributed by atoms with Gasteiger partial charge in [0.15, 0.2) is 0 Å². The average molecular weight is 284 g/mol. The van der Waals surface area contributed by atoms with Gasteiger partial charge >= 0.3 is 0 Å². The molecule has 21 heavy (non-hydrogen) atoms. The monoisotopic (exact) mass is 284 g/mol. The van der Waals surface area contributed by atoms with Gasteiger partial charge in [0.2, 0.25) is 5.91 Å². The molecule has 1 fully saturated rings. The van der Waals surface area contributed by atoms with Gasteiger partial charge in [0, 0.05) is 31.7 Å². The van der Waals surface area contributed by atoms with Gasteiger partial charge in [-0.1, -0.05) is 30.4 Å². The van der Waals surface area contributed by atoms with Crippen molar-refractivity contribution < 1.29 is 4.79 Å². The molecule has 1 aliphatic carbocycles. The number of hydrogen-bond acceptors (Lipinski definition) is 2. The van der Waals surface area contributed by atoms with E-state index in [-0.39, 0.29) is 5.91 Å². The molecular weight excluding hydrogens is 260 g/mol. The van der Waals surface area contributed by atoms with Crippen molar-refractivity contribution >= 4 is 11.6 Å². The average Bonchev–Trinajstić information content (AvgIpc) is 3.17. The molecule has 2 atom stereocenters. The van der Waals surface area contributed by atoms with Crippen LogP contribution >= 0.6 is 0 Å². The Bertz CT molecular complexity index is 497. The van der Waals surface area contributed by atoms with Gasteiger partial charge in [-0.2, -0.15) is 0 Å². The topological polar surface area (TPSA) is 32.3 Å². The molecule has 112 valence electrons. The third-order valence-electron chi connectivity index (χ3n) is 4.56. The number of amides is 1. The van der Waals surface area contributed by atoms with E-state index in [0.29, 0.717) is 18.3 Å². The van der Waals surface area contributed by atoms with Gasteiger partial charge in [0.1, 0.15) is 0 Å². The minimum absolute atomic E-state index is 0.213. The van der Waals surface area contributed by atoms with Gasteiger partial charge in [-0.25, -0.2) is 0 Å². The fourth-order valence-electron chi connectivity index (χ4n) is 3.31. The molecule has 3 nitrogen and oxygen atoms in total. The summed E-state index contributed by atoms with van der Waals surface area (Å²) < 4.78 is 0. The number of rotatable bonds is 5. The third kappa shape index (κ3) is 3.87. The molecule has 2 unspecified atom stereocenters. The Morgan fingerprint density at radius 1 is 1.24 bits per heavy atom. The molecule has 3 rings (SSSR count). The van der Waals surface area contributed by atoms with Gasteiger partial charge in [0.25, 0.3) is 0 Å². The zero-order chi connectivity index (χ0) is 14.5. The maximum absolute atomic E-state index is 11.9. The van der Waals surface area contributed by atoms with E-state index in [0.717, 1.165) is 32.5 Å². The molecule has 3 heteroatoms. The molecule has 1 aliphatic heterocycles. The van der Waals surface area contributed by atoms with Gasteiger partial charge in [-0.15, -0.1) is 0 Å². The lowest BCUT2D eigenvalue weighted by Crippen LogP contribution is -2.31. The Hall–Kier alpha value is -1.77. The second-order valence-corrected chi connectivity index (χ2v) is 6.21. The van der Waals surface area contributed by atoms with E-state index in [9.17, 15) is 4.79 Å². The highest BCUT2D eigenvalue weighted by molar-refractivity contribution is 5.76. The summed E-state index contributed by atoms with van der Waals surface area (Å²) in [4.78, 5) is 14.4. The maximum atomic E-state index is 11.9. The lowest BCUT2D eigenvalue weighted by molar-refractivity contribution is -0.121. The van der Waals surface area contributed by atoms with Crippen molar-refractivity contribution in [2.75, 3.05) is 24.5 Å². The van der Waals surface area contributed by atoms with Crippen LogP contribution in [0.25, 0.3) is 0 Å². The molecule has 0 saturated carbocycles. The summed E-state index contributed by atoms with van der Waals surface area (Å²) in [6.07, 6.45) is 8.47. The zero-order valence-electron chi connectivity index (χ0n) is 12.5. The predicted octanol–water partition coefficient (Wildman–Crippen LogP) is 2.99. The minimum Gasteiger partial charge on any atom is -0.371 e. The van der Waals surface area contributed by atoms with Gasteiger partial charge in [-0.3, -0.25) is 4.79 Å². The van der Waals surface area contributed by atoms with Crippen LogP contribution in [-0.4, -0.2) is 25.5 Å². The first-order chi connectivity index (χ1) is 10.3. The van der Waals surface area contributed by atoms with E-state index in [1.54, 1.807) is 0 Å². The van der Waals surface area contributed by atoms with Gasteiger partial charge in [0.05, 0.1) is 0 Å². The van der Waals surface area contributed by atoms with Crippen LogP contribution in [-0.2, 0) is 4.79 Å². The summed E-state index contributed by atoms with van der Waals surface area (Å²) in [6.45, 7) is 2.96. The molecule has 1 N–H and O–H groups in total. The predicted molar refractivity (Wildman–Crippen MR) is 86.3 cm³/mol. The maximum Gasteiger partial charge on any atom is 0.220 e. The standard InChI is InChI=1S/C18H24N2O/c21-18(12-15-6-4-5-7-15)19-13-16-10-11-20(14-16)17-8-2-1-3-9-17/h1-4,6,8-9,15-16H,5,7,10-14H2,(H,19,21). The number of hydrogen-bond donors (Lipinski definition) is 1. The van der Waals surface area contributed by atoms with Gasteiger partial charge in [-0.05, 0) is 43.2 Å². The highest BCUT2D eigenvalue weighted by Crippen LogP contribution is 2.23. The van der Waals surface area contributed by atoms with Crippen molar-refractivity contribution in [3.8, 4) is 0 Å². The van der Waals surface area contributed by atoms with Gasteiger partial charge < -0.3 is 10.2 Å². The number of nitrogens with one attached hydrogen (secondary N) is 1. The van der Waals surface area contributed by atoms with Crippen molar-refractivity contribution in [2.24, 2.45) is 11.8 Å². The summed E-state index contributed by atoms with van der Waals surface area (Å²) in [5, 5.41) is 3.12. The van der Waals surface area contributed by atoms with Crippen molar-refractivity contribution in [1.29, 1.82) is 0 Å². The van der Waals surface area contributed by atoms with Crippen molar-refractivity contribution in [3.05, 3.63) is 42.5 Å². The van der Waals surface area contributed by atoms with Crippen LogP contribution in [0.4, 0.5) is 5.69 Å². The van der Waals surface area contributed by atoms with Crippen LogP contribution in [0.5, 0.6) is 0 Å². The summed E-state index contributed by atoms with van der Waals surface area (Å²) in [7, 11) is 0. The van der Waals surface area contributed by atoms with Crippen LogP contribution < -0.4 is 10.2 Å². The number of allylic oxidation sites excluding steroid dienone is 2. The molecule has 1 saturated heterocycles. The number of para-hydroxylation sites is 1. The van der Waals surface area contributed by atoms with Crippen LogP contribution in [0.1, 0.15) is 25.7 Å². The highest BCUT2D eigenvalue weighted by Gasteiger charge is 2.23. The molecule has 0 spiro atoms. The first kappa shape index (κ1) is 14.2. The Labute approximate surface area is 127 Å². The van der Waals surface area contributed by atoms with E-state index >= 15 is 0 Å². The van der Waals surface area contributed by atoms with Crippen molar-refractivity contribution in [1.82, 2.24) is 5.32 Å². The van der Waals surface area contributed by atoms with Crippen LogP contribution in [0.3, 0.4) is 0 Å². The Balaban J connectivity index is 1.40. The van der Waals surface area contributed by atoms with Crippen LogP contribution in [0.15, 0.2) is 42.5 Å². The van der Waals surface area contributed by atoms with E-state index < -0.39 is 0 Å². The van der Waals surface area contributed by atoms with Crippen molar-refractivity contribution in [3.63, 3.8) is 0 Å². The van der Waals surface area contributed by atoms with Crippen molar-refractivity contribution in [2.45, 2.75) is 25.7 Å². The molecule has 1 heterocycles. The molecule has 1 aromatic carbocycles. The quantitative estimate of drug-likeness (QED) is 0.843. The molecule has 1 aromatic rings. The van der Waals surface area contributed by atoms with Crippen LogP contribution in [0, 0.1) is 11.8 Å². The summed E-state index contributed by atoms with van der Waals surface area (Å²) in [5.41, 5.74) is 1.29. The first-order valence-corrected chi connectivity index (χ1v) is 8.04. The lowest BCUT2D eigenvalue weighted by atomic mass is 10.0. The Kier molecular flexibility index (Phi) is 4.59. The highest BCUT2D eigenvalue weighted by atomic mass is 16.1. The van der Waals surface area contributed by atoms with E-state index in [1.165, 1.54) is 12.1 Å². The third-order valence-corrected chi connectivity index (χ3v) is 4.56. The second-order valence-electron chi connectivity index (χ2n) is 6.21. The normalized spacial score (nSPS) is 24.5. The smallest absolute Gasteiger partial charge is 0.220 e. The second kappa shape index (κ2) is 6.79. The Morgan fingerprint density at radius 3 is 2.86 bits per heavy atom. The van der Waals surface area contributed by atoms with Crippen LogP contribution in [0.2, 0.25) is 0 Å². The molecule has 0 radical (unpaired) electrons. The fraction of sp³-hybridized carbons (Fsp3) is 0.500. The molecule has 0 aromatic heterocycles.